The molecule has 0 N–H and O–H groups in total. The Balaban J connectivity index is 0.000000287. The van der Waals surface area contributed by atoms with E-state index in [-0.39, 0.29) is 11.9 Å². The summed E-state index contributed by atoms with van der Waals surface area (Å²) in [5, 5.41) is 0. The van der Waals surface area contributed by atoms with Crippen molar-refractivity contribution in [3.63, 3.8) is 0 Å². The van der Waals surface area contributed by atoms with Crippen LogP contribution in [-0.2, 0) is 38.0 Å². The first kappa shape index (κ1) is 34.8. The van der Waals surface area contributed by atoms with Crippen LogP contribution in [0.2, 0.25) is 0 Å². The molecule has 0 saturated heterocycles. The Kier molecular flexibility index (Phi) is 21.7. The van der Waals surface area contributed by atoms with Gasteiger partial charge in [0.05, 0.1) is 13.2 Å². The molecule has 3 aliphatic carbocycles. The highest BCUT2D eigenvalue weighted by Crippen LogP contribution is 2.58. The van der Waals surface area contributed by atoms with E-state index in [0.29, 0.717) is 39.6 Å². The van der Waals surface area contributed by atoms with Crippen molar-refractivity contribution in [1.82, 2.24) is 0 Å². The third-order valence-electron chi connectivity index (χ3n) is 7.48. The van der Waals surface area contributed by atoms with Crippen molar-refractivity contribution in [2.24, 2.45) is 23.7 Å². The number of carbonyl (C=O) groups is 2. The molecule has 4 atom stereocenters. The molecule has 0 aliphatic heterocycles. The molecule has 3 saturated carbocycles. The van der Waals surface area contributed by atoms with Crippen LogP contribution in [0.1, 0.15) is 91.9 Å². The van der Waals surface area contributed by atoms with E-state index in [4.69, 9.17) is 28.4 Å². The molecule has 0 heterocycles. The molecular formula is C30H56O8. The number of fused-ring (bicyclic) bond motifs is 5. The van der Waals surface area contributed by atoms with Crippen LogP contribution in [0.25, 0.3) is 0 Å². The lowest BCUT2D eigenvalue weighted by Gasteiger charge is -2.23. The lowest BCUT2D eigenvalue weighted by Crippen LogP contribution is -2.15. The van der Waals surface area contributed by atoms with E-state index < -0.39 is 0 Å². The van der Waals surface area contributed by atoms with Gasteiger partial charge in [0.15, 0.2) is 0 Å². The Hall–Kier alpha value is -1.22. The molecule has 0 amide bonds. The van der Waals surface area contributed by atoms with Crippen LogP contribution in [0.5, 0.6) is 0 Å². The number of ether oxygens (including phenoxy) is 6. The van der Waals surface area contributed by atoms with E-state index in [1.807, 2.05) is 13.8 Å². The quantitative estimate of drug-likeness (QED) is 0.163. The Morgan fingerprint density at radius 1 is 0.553 bits per heavy atom. The molecule has 8 heteroatoms. The number of carbonyl (C=O) groups excluding carboxylic acids is 2. The highest BCUT2D eigenvalue weighted by Gasteiger charge is 2.48. The number of hydrogen-bond acceptors (Lipinski definition) is 8. The second-order valence-electron chi connectivity index (χ2n) is 10.3. The zero-order valence-corrected chi connectivity index (χ0v) is 24.7. The SMILES string of the molecule is C1CC2C3CCC(C3)C2C1.CCOCCCCOCCOC(C)=O.CCOCCCCOCCOC(C)=O. The van der Waals surface area contributed by atoms with Gasteiger partial charge in [0, 0.05) is 53.5 Å². The van der Waals surface area contributed by atoms with Crippen LogP contribution in [0.4, 0.5) is 0 Å². The maximum Gasteiger partial charge on any atom is 0.302 e. The van der Waals surface area contributed by atoms with Gasteiger partial charge < -0.3 is 28.4 Å². The second kappa shape index (κ2) is 23.6. The maximum absolute atomic E-state index is 10.4. The number of rotatable bonds is 18. The molecule has 0 spiro atoms. The third kappa shape index (κ3) is 17.4. The molecule has 0 aromatic heterocycles. The largest absolute Gasteiger partial charge is 0.463 e. The van der Waals surface area contributed by atoms with Gasteiger partial charge in [-0.2, -0.15) is 0 Å². The van der Waals surface area contributed by atoms with Crippen LogP contribution in [0, 0.1) is 23.7 Å². The van der Waals surface area contributed by atoms with Gasteiger partial charge in [-0.25, -0.2) is 0 Å². The lowest BCUT2D eigenvalue weighted by molar-refractivity contribution is -0.143. The Morgan fingerprint density at radius 2 is 0.947 bits per heavy atom. The molecule has 2 bridgehead atoms. The van der Waals surface area contributed by atoms with Gasteiger partial charge in [-0.05, 0) is 95.3 Å². The lowest BCUT2D eigenvalue weighted by atomic mass is 9.82. The summed E-state index contributed by atoms with van der Waals surface area (Å²) in [4.78, 5) is 20.7. The maximum atomic E-state index is 10.4. The minimum atomic E-state index is -0.259. The fourth-order valence-corrected chi connectivity index (χ4v) is 5.82. The van der Waals surface area contributed by atoms with E-state index in [2.05, 4.69) is 0 Å². The van der Waals surface area contributed by atoms with Crippen LogP contribution in [0.3, 0.4) is 0 Å². The third-order valence-corrected chi connectivity index (χ3v) is 7.48. The number of unbranched alkanes of at least 4 members (excludes halogenated alkanes) is 2. The average Bonchev–Trinajstić information content (AvgIpc) is 3.63. The zero-order chi connectivity index (χ0) is 27.8. The predicted molar refractivity (Wildman–Crippen MR) is 148 cm³/mol. The van der Waals surface area contributed by atoms with Crippen molar-refractivity contribution in [2.45, 2.75) is 91.9 Å². The summed E-state index contributed by atoms with van der Waals surface area (Å²) in [5.74, 6) is 4.28. The molecule has 0 aromatic carbocycles. The van der Waals surface area contributed by atoms with Gasteiger partial charge in [0.25, 0.3) is 0 Å². The molecule has 224 valence electrons. The normalized spacial score (nSPS) is 22.6. The summed E-state index contributed by atoms with van der Waals surface area (Å²) >= 11 is 0. The van der Waals surface area contributed by atoms with Gasteiger partial charge in [0.1, 0.15) is 13.2 Å². The number of esters is 2. The summed E-state index contributed by atoms with van der Waals surface area (Å²) in [6.07, 6.45) is 13.5. The highest BCUT2D eigenvalue weighted by atomic mass is 16.6. The average molecular weight is 545 g/mol. The first-order valence-electron chi connectivity index (χ1n) is 15.1. The smallest absolute Gasteiger partial charge is 0.302 e. The van der Waals surface area contributed by atoms with Crippen molar-refractivity contribution >= 4 is 11.9 Å². The minimum absolute atomic E-state index is 0.259. The highest BCUT2D eigenvalue weighted by molar-refractivity contribution is 5.66. The van der Waals surface area contributed by atoms with Crippen molar-refractivity contribution in [1.29, 1.82) is 0 Å². The van der Waals surface area contributed by atoms with Crippen LogP contribution in [-0.4, -0.2) is 78.0 Å². The molecule has 0 radical (unpaired) electrons. The first-order valence-corrected chi connectivity index (χ1v) is 15.1. The predicted octanol–water partition coefficient (Wildman–Crippen LogP) is 5.60. The topological polar surface area (TPSA) is 89.5 Å². The van der Waals surface area contributed by atoms with E-state index in [1.54, 1.807) is 38.5 Å². The molecule has 0 aromatic rings. The summed E-state index contributed by atoms with van der Waals surface area (Å²) in [6.45, 7) is 12.9. The molecule has 8 nitrogen and oxygen atoms in total. The Bertz CT molecular complexity index is 537. The summed E-state index contributed by atoms with van der Waals surface area (Å²) in [7, 11) is 0. The molecule has 4 unspecified atom stereocenters. The van der Waals surface area contributed by atoms with Gasteiger partial charge in [-0.15, -0.1) is 0 Å². The summed E-state index contributed by atoms with van der Waals surface area (Å²) in [6, 6.07) is 0. The van der Waals surface area contributed by atoms with Gasteiger partial charge in [0.2, 0.25) is 0 Å². The van der Waals surface area contributed by atoms with Crippen molar-refractivity contribution in [2.75, 3.05) is 66.1 Å². The molecule has 3 rings (SSSR count). The monoisotopic (exact) mass is 544 g/mol. The molecule has 3 aliphatic rings. The van der Waals surface area contributed by atoms with E-state index in [9.17, 15) is 9.59 Å². The Morgan fingerprint density at radius 3 is 1.32 bits per heavy atom. The first-order chi connectivity index (χ1) is 18.5. The zero-order valence-electron chi connectivity index (χ0n) is 24.7. The van der Waals surface area contributed by atoms with Gasteiger partial charge in [-0.3, -0.25) is 9.59 Å². The molecule has 3 fully saturated rings. The van der Waals surface area contributed by atoms with E-state index in [1.165, 1.54) is 37.5 Å². The summed E-state index contributed by atoms with van der Waals surface area (Å²) in [5.41, 5.74) is 0. The minimum Gasteiger partial charge on any atom is -0.463 e. The second-order valence-corrected chi connectivity index (χ2v) is 10.3. The standard InChI is InChI=1S/2C10H20O4.C10H16/c2*1-3-12-6-4-5-7-13-8-9-14-10(2)11;1-2-9-7-4-5-8(6-7)10(9)3-1/h2*3-9H2,1-2H3;7-10H,1-6H2. The fraction of sp³-hybridized carbons (Fsp3) is 0.933. The van der Waals surface area contributed by atoms with Gasteiger partial charge >= 0.3 is 11.9 Å². The van der Waals surface area contributed by atoms with Crippen molar-refractivity contribution in [3.8, 4) is 0 Å². The fourth-order valence-electron chi connectivity index (χ4n) is 5.82. The van der Waals surface area contributed by atoms with Crippen molar-refractivity contribution < 1.29 is 38.0 Å². The summed E-state index contributed by atoms with van der Waals surface area (Å²) < 4.78 is 30.2. The van der Waals surface area contributed by atoms with E-state index >= 15 is 0 Å². The van der Waals surface area contributed by atoms with Crippen molar-refractivity contribution in [3.05, 3.63) is 0 Å². The van der Waals surface area contributed by atoms with E-state index in [0.717, 1.165) is 52.1 Å². The van der Waals surface area contributed by atoms with Gasteiger partial charge in [-0.1, -0.05) is 6.42 Å². The molecular weight excluding hydrogens is 488 g/mol. The Labute approximate surface area is 231 Å². The van der Waals surface area contributed by atoms with Crippen LogP contribution < -0.4 is 0 Å². The molecule has 38 heavy (non-hydrogen) atoms. The van der Waals surface area contributed by atoms with Crippen LogP contribution in [0.15, 0.2) is 0 Å². The van der Waals surface area contributed by atoms with Crippen LogP contribution >= 0.6 is 0 Å². The number of hydrogen-bond donors (Lipinski definition) is 0.